The summed E-state index contributed by atoms with van der Waals surface area (Å²) in [5.74, 6) is -0.497. The number of aliphatic hydroxyl groups is 2. The summed E-state index contributed by atoms with van der Waals surface area (Å²) in [5.41, 5.74) is 0. The van der Waals surface area contributed by atoms with E-state index in [4.69, 9.17) is 4.74 Å². The smallest absolute Gasteiger partial charge is 0.306 e. The lowest BCUT2D eigenvalue weighted by atomic mass is 10.0. The Morgan fingerprint density at radius 2 is 0.869 bits per heavy atom. The molecule has 0 aliphatic heterocycles. The number of aliphatic hydroxyl groups excluding tert-OH is 2. The number of hydrogen-bond acceptors (Lipinski definition) is 5. The second-order valence-electron chi connectivity index (χ2n) is 17.7. The lowest BCUT2D eigenvalue weighted by Crippen LogP contribution is -2.46. The van der Waals surface area contributed by atoms with Crippen molar-refractivity contribution >= 4 is 11.9 Å². The first-order chi connectivity index (χ1) is 30.0. The number of nitrogens with one attached hydrogen (secondary N) is 1. The number of carbonyl (C=O) groups is 2. The van der Waals surface area contributed by atoms with Crippen LogP contribution in [0.2, 0.25) is 0 Å². The zero-order valence-corrected chi connectivity index (χ0v) is 40.3. The van der Waals surface area contributed by atoms with Gasteiger partial charge in [0.25, 0.3) is 0 Å². The highest BCUT2D eigenvalue weighted by Gasteiger charge is 2.24. The minimum Gasteiger partial charge on any atom is -0.462 e. The third-order valence-corrected chi connectivity index (χ3v) is 11.7. The van der Waals surface area contributed by atoms with E-state index < -0.39 is 18.2 Å². The van der Waals surface area contributed by atoms with E-state index in [0.717, 1.165) is 77.0 Å². The number of unbranched alkanes of at least 4 members (excludes halogenated alkanes) is 28. The normalized spacial score (nSPS) is 13.7. The Kier molecular flexibility index (Phi) is 46.6. The van der Waals surface area contributed by atoms with Gasteiger partial charge in [0, 0.05) is 6.42 Å². The second-order valence-corrected chi connectivity index (χ2v) is 17.7. The van der Waals surface area contributed by atoms with Crippen LogP contribution in [-0.4, -0.2) is 46.9 Å². The van der Waals surface area contributed by atoms with Crippen LogP contribution in [0.25, 0.3) is 0 Å². The van der Waals surface area contributed by atoms with Crippen molar-refractivity contribution in [1.29, 1.82) is 0 Å². The van der Waals surface area contributed by atoms with Gasteiger partial charge in [0.1, 0.15) is 6.10 Å². The first-order valence-corrected chi connectivity index (χ1v) is 26.1. The van der Waals surface area contributed by atoms with E-state index in [2.05, 4.69) is 62.5 Å². The van der Waals surface area contributed by atoms with Gasteiger partial charge >= 0.3 is 5.97 Å². The monoisotopic (exact) mass is 854 g/mol. The van der Waals surface area contributed by atoms with Crippen molar-refractivity contribution in [3.05, 3.63) is 60.8 Å². The topological polar surface area (TPSA) is 95.9 Å². The van der Waals surface area contributed by atoms with E-state index in [1.807, 2.05) is 24.3 Å². The molecule has 6 nitrogen and oxygen atoms in total. The molecule has 0 fully saturated rings. The quantitative estimate of drug-likeness (QED) is 0.0322. The molecule has 0 rings (SSSR count). The third-order valence-electron chi connectivity index (χ3n) is 11.7. The van der Waals surface area contributed by atoms with Gasteiger partial charge in [0.15, 0.2) is 0 Å². The van der Waals surface area contributed by atoms with Crippen LogP contribution in [0.5, 0.6) is 0 Å². The molecule has 0 aromatic rings. The Labute approximate surface area is 378 Å². The molecule has 1 amide bonds. The van der Waals surface area contributed by atoms with Gasteiger partial charge in [-0.1, -0.05) is 255 Å². The number of esters is 1. The maximum atomic E-state index is 13.2. The van der Waals surface area contributed by atoms with Crippen molar-refractivity contribution in [2.45, 2.75) is 270 Å². The molecule has 0 spiro atoms. The van der Waals surface area contributed by atoms with E-state index in [1.165, 1.54) is 128 Å². The average molecular weight is 854 g/mol. The van der Waals surface area contributed by atoms with Crippen molar-refractivity contribution < 1.29 is 24.5 Å². The summed E-state index contributed by atoms with van der Waals surface area (Å²) in [4.78, 5) is 26.1. The molecule has 0 aromatic heterocycles. The van der Waals surface area contributed by atoms with Crippen LogP contribution in [0, 0.1) is 0 Å². The van der Waals surface area contributed by atoms with Gasteiger partial charge in [0.05, 0.1) is 25.2 Å². The minimum atomic E-state index is -0.791. The second kappa shape index (κ2) is 48.6. The van der Waals surface area contributed by atoms with Crippen LogP contribution in [0.3, 0.4) is 0 Å². The largest absolute Gasteiger partial charge is 0.462 e. The number of ether oxygens (including phenoxy) is 1. The van der Waals surface area contributed by atoms with Crippen LogP contribution in [0.4, 0.5) is 0 Å². The van der Waals surface area contributed by atoms with E-state index >= 15 is 0 Å². The summed E-state index contributed by atoms with van der Waals surface area (Å²) in [6.07, 6.45) is 59.8. The van der Waals surface area contributed by atoms with Crippen LogP contribution in [0.15, 0.2) is 60.8 Å². The first-order valence-electron chi connectivity index (χ1n) is 26.1. The summed E-state index contributed by atoms with van der Waals surface area (Å²) in [7, 11) is 0. The molecule has 0 aliphatic carbocycles. The molecule has 0 aliphatic rings. The van der Waals surface area contributed by atoms with Crippen LogP contribution >= 0.6 is 0 Å². The van der Waals surface area contributed by atoms with Crippen molar-refractivity contribution in [3.63, 3.8) is 0 Å². The van der Waals surface area contributed by atoms with Crippen molar-refractivity contribution in [3.8, 4) is 0 Å². The number of allylic oxidation sites excluding steroid dienone is 10. The Hall–Kier alpha value is -2.44. The van der Waals surface area contributed by atoms with E-state index in [9.17, 15) is 19.8 Å². The van der Waals surface area contributed by atoms with E-state index in [-0.39, 0.29) is 24.9 Å². The summed E-state index contributed by atoms with van der Waals surface area (Å²) in [6, 6.07) is -0.706. The lowest BCUT2D eigenvalue weighted by molar-refractivity contribution is -0.151. The SMILES string of the molecule is CCC/C=C/C=C/C=C/C=C/C=C/CCCCCCCC(=O)OC(CCCCCCCCCCCCCCC)CC(=O)NC(CO)C(O)CCCCCCCCCCCCC. The summed E-state index contributed by atoms with van der Waals surface area (Å²) in [6.45, 7) is 6.39. The maximum Gasteiger partial charge on any atom is 0.306 e. The van der Waals surface area contributed by atoms with Gasteiger partial charge in [-0.25, -0.2) is 0 Å². The number of rotatable bonds is 46. The molecular weight excluding hydrogens is 755 g/mol. The summed E-state index contributed by atoms with van der Waals surface area (Å²) in [5, 5.41) is 23.7. The van der Waals surface area contributed by atoms with Crippen LogP contribution in [-0.2, 0) is 14.3 Å². The Morgan fingerprint density at radius 1 is 0.475 bits per heavy atom. The van der Waals surface area contributed by atoms with Crippen molar-refractivity contribution in [2.24, 2.45) is 0 Å². The minimum absolute atomic E-state index is 0.0679. The van der Waals surface area contributed by atoms with Gasteiger partial charge in [0.2, 0.25) is 5.91 Å². The molecule has 0 radical (unpaired) electrons. The van der Waals surface area contributed by atoms with Gasteiger partial charge in [-0.15, -0.1) is 0 Å². The first kappa shape index (κ1) is 58.6. The summed E-state index contributed by atoms with van der Waals surface area (Å²) < 4.78 is 5.93. The third kappa shape index (κ3) is 44.0. The van der Waals surface area contributed by atoms with Crippen molar-refractivity contribution in [2.75, 3.05) is 6.61 Å². The zero-order chi connectivity index (χ0) is 44.5. The molecule has 3 N–H and O–H groups in total. The fourth-order valence-corrected chi connectivity index (χ4v) is 7.76. The summed E-state index contributed by atoms with van der Waals surface area (Å²) >= 11 is 0. The number of hydrogen-bond donors (Lipinski definition) is 3. The van der Waals surface area contributed by atoms with Gasteiger partial charge in [-0.3, -0.25) is 9.59 Å². The van der Waals surface area contributed by atoms with E-state index in [0.29, 0.717) is 19.3 Å². The fourth-order valence-electron chi connectivity index (χ4n) is 7.76. The van der Waals surface area contributed by atoms with Crippen LogP contribution < -0.4 is 5.32 Å². The lowest BCUT2D eigenvalue weighted by Gasteiger charge is -2.24. The number of carbonyl (C=O) groups excluding carboxylic acids is 2. The molecular formula is C55H99NO5. The van der Waals surface area contributed by atoms with E-state index in [1.54, 1.807) is 0 Å². The van der Waals surface area contributed by atoms with Crippen LogP contribution in [0.1, 0.15) is 252 Å². The molecule has 0 saturated carbocycles. The molecule has 0 heterocycles. The molecule has 0 bridgehead atoms. The average Bonchev–Trinajstić information content (AvgIpc) is 3.25. The standard InChI is InChI=1S/C55H99NO5/c1-4-7-10-13-16-19-22-24-25-26-27-28-30-33-36-39-42-45-48-55(60)61-51(46-43-40-37-34-32-29-23-20-17-14-11-8-5-2)49-54(59)56-52(50-57)53(58)47-44-41-38-35-31-21-18-15-12-9-6-3/h10,13,16,19,22,24-28,51-53,57-58H,4-9,11-12,14-15,17-18,20-21,23,29-50H2,1-3H3,(H,56,59)/b13-10+,19-16+,24-22+,26-25+,28-27+. The predicted octanol–water partition coefficient (Wildman–Crippen LogP) is 15.6. The molecule has 0 saturated heterocycles. The highest BCUT2D eigenvalue weighted by molar-refractivity contribution is 5.77. The Bertz CT molecular complexity index is 1090. The fraction of sp³-hybridized carbons (Fsp3) is 0.782. The van der Waals surface area contributed by atoms with Gasteiger partial charge < -0.3 is 20.3 Å². The Balaban J connectivity index is 4.61. The highest BCUT2D eigenvalue weighted by Crippen LogP contribution is 2.18. The molecule has 61 heavy (non-hydrogen) atoms. The predicted molar refractivity (Wildman–Crippen MR) is 264 cm³/mol. The van der Waals surface area contributed by atoms with Gasteiger partial charge in [-0.2, -0.15) is 0 Å². The molecule has 6 heteroatoms. The van der Waals surface area contributed by atoms with Crippen molar-refractivity contribution in [1.82, 2.24) is 5.32 Å². The highest BCUT2D eigenvalue weighted by atomic mass is 16.5. The molecule has 3 atom stereocenters. The molecule has 354 valence electrons. The maximum absolute atomic E-state index is 13.2. The van der Waals surface area contributed by atoms with Gasteiger partial charge in [-0.05, 0) is 44.9 Å². The number of amides is 1. The molecule has 3 unspecified atom stereocenters. The Morgan fingerprint density at radius 3 is 1.33 bits per heavy atom. The molecule has 0 aromatic carbocycles. The zero-order valence-electron chi connectivity index (χ0n) is 40.3.